The first-order valence-electron chi connectivity index (χ1n) is 10.4. The first kappa shape index (κ1) is 21.6. The molecule has 0 radical (unpaired) electrons. The summed E-state index contributed by atoms with van der Waals surface area (Å²) in [4.78, 5) is 30.2. The molecule has 0 saturated heterocycles. The lowest BCUT2D eigenvalue weighted by atomic mass is 9.96. The van der Waals surface area contributed by atoms with Gasteiger partial charge in [0.2, 0.25) is 11.5 Å². The monoisotopic (exact) mass is 465 g/mol. The zero-order chi connectivity index (χ0) is 23.3. The van der Waals surface area contributed by atoms with Gasteiger partial charge in [-0.1, -0.05) is 5.16 Å². The molecule has 0 unspecified atom stereocenters. The summed E-state index contributed by atoms with van der Waals surface area (Å²) in [5.74, 6) is -2.79. The van der Waals surface area contributed by atoms with Crippen molar-refractivity contribution in [3.8, 4) is 0 Å². The molecule has 1 aliphatic heterocycles. The van der Waals surface area contributed by atoms with E-state index in [0.29, 0.717) is 42.5 Å². The molecule has 0 spiro atoms. The van der Waals surface area contributed by atoms with Crippen molar-refractivity contribution >= 4 is 22.6 Å². The highest BCUT2D eigenvalue weighted by atomic mass is 19.3. The third-order valence-electron chi connectivity index (χ3n) is 6.28. The van der Waals surface area contributed by atoms with Crippen LogP contribution in [0.1, 0.15) is 51.6 Å². The van der Waals surface area contributed by atoms with E-state index in [2.05, 4.69) is 14.9 Å². The van der Waals surface area contributed by atoms with Crippen LogP contribution < -0.4 is 0 Å². The van der Waals surface area contributed by atoms with Crippen molar-refractivity contribution in [3.63, 3.8) is 0 Å². The molecule has 1 N–H and O–H groups in total. The smallest absolute Gasteiger partial charge is 0.345 e. The molecule has 1 aromatic carbocycles. The Hall–Kier alpha value is -3.21. The molecule has 3 aromatic rings. The average Bonchev–Trinajstić information content (AvgIpc) is 3.22. The van der Waals surface area contributed by atoms with Gasteiger partial charge in [0.15, 0.2) is 11.6 Å². The maximum absolute atomic E-state index is 13.5. The minimum atomic E-state index is -2.90. The Morgan fingerprint density at radius 2 is 1.97 bits per heavy atom. The van der Waals surface area contributed by atoms with E-state index in [4.69, 9.17) is 4.52 Å². The molecule has 0 atom stereocenters. The van der Waals surface area contributed by atoms with Crippen molar-refractivity contribution in [2.75, 3.05) is 13.2 Å². The molecule has 1 amide bonds. The van der Waals surface area contributed by atoms with E-state index in [1.807, 2.05) is 0 Å². The van der Waals surface area contributed by atoms with Crippen LogP contribution in [0.2, 0.25) is 0 Å². The van der Waals surface area contributed by atoms with Crippen LogP contribution >= 0.6 is 0 Å². The molecule has 0 bridgehead atoms. The highest BCUT2D eigenvalue weighted by molar-refractivity contribution is 5.99. The number of hydrogen-bond donors (Lipinski definition) is 1. The molecule has 11 heteroatoms. The Bertz CT molecular complexity index is 1210. The second kappa shape index (κ2) is 7.98. The third-order valence-corrected chi connectivity index (χ3v) is 6.28. The lowest BCUT2D eigenvalue weighted by molar-refractivity contribution is -0.140. The number of aromatic amines is 1. The van der Waals surface area contributed by atoms with Gasteiger partial charge in [-0.05, 0) is 25.0 Å². The Balaban J connectivity index is 1.32. The number of nitrogens with zero attached hydrogens (tertiary/aromatic N) is 2. The van der Waals surface area contributed by atoms with Crippen LogP contribution in [-0.4, -0.2) is 46.5 Å². The molecule has 1 saturated carbocycles. The fourth-order valence-electron chi connectivity index (χ4n) is 4.23. The first-order chi connectivity index (χ1) is 15.7. The van der Waals surface area contributed by atoms with E-state index in [0.717, 1.165) is 12.1 Å². The molecule has 7 nitrogen and oxygen atoms in total. The van der Waals surface area contributed by atoms with Crippen molar-refractivity contribution in [2.24, 2.45) is 5.41 Å². The van der Waals surface area contributed by atoms with Gasteiger partial charge in [-0.2, -0.15) is 8.78 Å². The minimum Gasteiger partial charge on any atom is -0.352 e. The Labute approximate surface area is 184 Å². The molecule has 1 fully saturated rings. The van der Waals surface area contributed by atoms with Crippen molar-refractivity contribution in [3.05, 3.63) is 52.5 Å². The number of rotatable bonds is 7. The summed E-state index contributed by atoms with van der Waals surface area (Å²) >= 11 is 0. The minimum absolute atomic E-state index is 0.00551. The van der Waals surface area contributed by atoms with Crippen LogP contribution in [0, 0.1) is 17.0 Å². The number of H-pyrrole nitrogens is 1. The molecule has 2 aromatic heterocycles. The Morgan fingerprint density at radius 3 is 2.70 bits per heavy atom. The number of halogens is 4. The number of aromatic nitrogens is 2. The molecule has 3 heterocycles. The number of amides is 1. The number of carbonyl (C=O) groups is 2. The van der Waals surface area contributed by atoms with E-state index < -0.39 is 29.6 Å². The number of ether oxygens (including phenoxy) is 1. The zero-order valence-electron chi connectivity index (χ0n) is 17.3. The normalized spacial score (nSPS) is 16.9. The largest absolute Gasteiger partial charge is 0.352 e. The molecule has 1 aliphatic carbocycles. The summed E-state index contributed by atoms with van der Waals surface area (Å²) in [6.45, 7) is -2.72. The van der Waals surface area contributed by atoms with Gasteiger partial charge in [-0.3, -0.25) is 9.59 Å². The number of ketones is 1. The van der Waals surface area contributed by atoms with E-state index in [9.17, 15) is 27.2 Å². The van der Waals surface area contributed by atoms with E-state index >= 15 is 0 Å². The SMILES string of the molecule is O=C(CC1(COC(F)F)CC1)c1onc2c1CN(C(=O)c1cc3cc(F)c(F)cc3[nH]1)CC2. The van der Waals surface area contributed by atoms with Gasteiger partial charge in [0.05, 0.1) is 18.8 Å². The summed E-state index contributed by atoms with van der Waals surface area (Å²) in [6.07, 6.45) is 1.57. The van der Waals surface area contributed by atoms with Crippen molar-refractivity contribution in [2.45, 2.75) is 38.8 Å². The van der Waals surface area contributed by atoms with Crippen LogP contribution in [-0.2, 0) is 17.7 Å². The summed E-state index contributed by atoms with van der Waals surface area (Å²) < 4.78 is 61.4. The van der Waals surface area contributed by atoms with Gasteiger partial charge in [-0.15, -0.1) is 0 Å². The van der Waals surface area contributed by atoms with E-state index in [1.165, 1.54) is 11.0 Å². The number of fused-ring (bicyclic) bond motifs is 2. The van der Waals surface area contributed by atoms with Crippen LogP contribution in [0.5, 0.6) is 0 Å². The van der Waals surface area contributed by atoms with Gasteiger partial charge in [0.25, 0.3) is 5.91 Å². The summed E-state index contributed by atoms with van der Waals surface area (Å²) in [6, 6.07) is 3.43. The second-order valence-corrected chi connectivity index (χ2v) is 8.62. The van der Waals surface area contributed by atoms with Crippen LogP contribution in [0.4, 0.5) is 17.6 Å². The average molecular weight is 465 g/mol. The van der Waals surface area contributed by atoms with E-state index in [-0.39, 0.29) is 42.3 Å². The summed E-state index contributed by atoms with van der Waals surface area (Å²) in [7, 11) is 0. The number of carbonyl (C=O) groups excluding carboxylic acids is 2. The first-order valence-corrected chi connectivity index (χ1v) is 10.4. The number of alkyl halides is 2. The fourth-order valence-corrected chi connectivity index (χ4v) is 4.23. The topological polar surface area (TPSA) is 88.4 Å². The predicted molar refractivity (Wildman–Crippen MR) is 106 cm³/mol. The molecular formula is C22H19F4N3O4. The van der Waals surface area contributed by atoms with Gasteiger partial charge in [0, 0.05) is 47.3 Å². The quantitative estimate of drug-likeness (QED) is 0.417. The maximum Gasteiger partial charge on any atom is 0.345 e. The highest BCUT2D eigenvalue weighted by Crippen LogP contribution is 2.50. The molecule has 33 heavy (non-hydrogen) atoms. The predicted octanol–water partition coefficient (Wildman–Crippen LogP) is 4.22. The number of benzene rings is 1. The lowest BCUT2D eigenvalue weighted by Crippen LogP contribution is -2.36. The highest BCUT2D eigenvalue weighted by Gasteiger charge is 2.46. The number of Topliss-reactive ketones (excluding diaryl/α,β-unsaturated/α-hetero) is 1. The lowest BCUT2D eigenvalue weighted by Gasteiger charge is -2.26. The molecule has 5 rings (SSSR count). The third kappa shape index (κ3) is 4.12. The summed E-state index contributed by atoms with van der Waals surface area (Å²) in [5.41, 5.74) is 0.877. The number of hydrogen-bond acceptors (Lipinski definition) is 5. The van der Waals surface area contributed by atoms with Crippen LogP contribution in [0.25, 0.3) is 10.9 Å². The van der Waals surface area contributed by atoms with Gasteiger partial charge in [-0.25, -0.2) is 8.78 Å². The maximum atomic E-state index is 13.5. The van der Waals surface area contributed by atoms with Crippen molar-refractivity contribution in [1.82, 2.24) is 15.0 Å². The van der Waals surface area contributed by atoms with E-state index in [1.54, 1.807) is 0 Å². The van der Waals surface area contributed by atoms with Crippen LogP contribution in [0.3, 0.4) is 0 Å². The molecule has 2 aliphatic rings. The van der Waals surface area contributed by atoms with Crippen molar-refractivity contribution in [1.29, 1.82) is 0 Å². The van der Waals surface area contributed by atoms with Gasteiger partial charge in [0.1, 0.15) is 5.69 Å². The van der Waals surface area contributed by atoms with Crippen molar-refractivity contribution < 1.29 is 36.4 Å². The Kier molecular flexibility index (Phi) is 5.23. The number of nitrogens with one attached hydrogen (secondary N) is 1. The fraction of sp³-hybridized carbons (Fsp3) is 0.409. The zero-order valence-corrected chi connectivity index (χ0v) is 17.3. The molecular weight excluding hydrogens is 446 g/mol. The summed E-state index contributed by atoms with van der Waals surface area (Å²) in [5, 5.41) is 4.30. The van der Waals surface area contributed by atoms with Gasteiger partial charge < -0.3 is 19.1 Å². The molecule has 174 valence electrons. The Morgan fingerprint density at radius 1 is 1.21 bits per heavy atom. The second-order valence-electron chi connectivity index (χ2n) is 8.62. The van der Waals surface area contributed by atoms with Crippen LogP contribution in [0.15, 0.2) is 22.7 Å². The standard InChI is InChI=1S/C22H19F4N3O4/c23-13-5-11-6-17(27-16(11)7-14(13)24)20(31)29-4-1-15-12(9-29)19(33-28-15)18(30)8-22(2-3-22)10-32-21(25)26/h5-7,21,27H,1-4,8-10H2. The van der Waals surface area contributed by atoms with Gasteiger partial charge >= 0.3 is 6.61 Å².